The monoisotopic (exact) mass is 167 g/mol. The smallest absolute Gasteiger partial charge is 0.0204 e. The first-order valence-corrected chi connectivity index (χ1v) is 4.89. The van der Waals surface area contributed by atoms with Gasteiger partial charge < -0.3 is 5.73 Å². The molecule has 1 aliphatic carbocycles. The van der Waals surface area contributed by atoms with Crippen molar-refractivity contribution in [2.24, 2.45) is 5.73 Å². The Kier molecular flexibility index (Phi) is 1.55. The fourth-order valence-electron chi connectivity index (χ4n) is 1.27. The topological polar surface area (TPSA) is 26.0 Å². The van der Waals surface area contributed by atoms with Crippen LogP contribution in [0, 0.1) is 6.92 Å². The number of hydrogen-bond donors (Lipinski definition) is 1. The Labute approximate surface area is 71.2 Å². The van der Waals surface area contributed by atoms with Crippen LogP contribution >= 0.6 is 11.3 Å². The fraction of sp³-hybridized carbons (Fsp3) is 0.556. The van der Waals surface area contributed by atoms with E-state index in [4.69, 9.17) is 5.73 Å². The summed E-state index contributed by atoms with van der Waals surface area (Å²) >= 11 is 1.84. The minimum Gasteiger partial charge on any atom is -0.325 e. The Hall–Kier alpha value is -0.340. The Bertz CT molecular complexity index is 260. The maximum Gasteiger partial charge on any atom is 0.0204 e. The molecule has 1 aliphatic rings. The maximum atomic E-state index is 5.99. The van der Waals surface area contributed by atoms with Crippen LogP contribution in [-0.2, 0) is 6.42 Å². The van der Waals surface area contributed by atoms with Gasteiger partial charge in [-0.25, -0.2) is 0 Å². The minimum absolute atomic E-state index is 0.178. The van der Waals surface area contributed by atoms with Crippen LogP contribution in [0.4, 0.5) is 0 Å². The van der Waals surface area contributed by atoms with Gasteiger partial charge in [-0.3, -0.25) is 0 Å². The summed E-state index contributed by atoms with van der Waals surface area (Å²) < 4.78 is 0. The van der Waals surface area contributed by atoms with E-state index in [0.29, 0.717) is 0 Å². The molecule has 0 radical (unpaired) electrons. The van der Waals surface area contributed by atoms with E-state index in [2.05, 4.69) is 18.4 Å². The molecule has 0 aliphatic heterocycles. The van der Waals surface area contributed by atoms with E-state index in [-0.39, 0.29) is 5.54 Å². The highest BCUT2D eigenvalue weighted by atomic mass is 32.1. The molecule has 1 nitrogen and oxygen atoms in total. The summed E-state index contributed by atoms with van der Waals surface area (Å²) in [5, 5.41) is 2.20. The van der Waals surface area contributed by atoms with E-state index in [1.807, 2.05) is 11.3 Å². The molecule has 0 bridgehead atoms. The van der Waals surface area contributed by atoms with Crippen LogP contribution in [0.5, 0.6) is 0 Å². The van der Waals surface area contributed by atoms with Crippen molar-refractivity contribution >= 4 is 11.3 Å². The Balaban J connectivity index is 2.06. The maximum absolute atomic E-state index is 5.99. The second-order valence-corrected chi connectivity index (χ2v) is 4.63. The molecule has 0 saturated heterocycles. The third-order valence-corrected chi connectivity index (χ3v) is 3.26. The number of hydrogen-bond acceptors (Lipinski definition) is 2. The minimum atomic E-state index is 0.178. The molecule has 1 heterocycles. The molecule has 0 atom stereocenters. The van der Waals surface area contributed by atoms with Gasteiger partial charge >= 0.3 is 0 Å². The number of thiophene rings is 1. The van der Waals surface area contributed by atoms with Crippen LogP contribution in [0.2, 0.25) is 0 Å². The molecule has 0 spiro atoms. The highest BCUT2D eigenvalue weighted by molar-refractivity contribution is 7.10. The third kappa shape index (κ3) is 1.63. The van der Waals surface area contributed by atoms with Crippen molar-refractivity contribution in [1.82, 2.24) is 0 Å². The molecular formula is C9H13NS. The second kappa shape index (κ2) is 2.32. The highest BCUT2D eigenvalue weighted by Gasteiger charge is 2.38. The van der Waals surface area contributed by atoms with Crippen LogP contribution in [0.15, 0.2) is 11.4 Å². The zero-order valence-electron chi connectivity index (χ0n) is 6.76. The summed E-state index contributed by atoms with van der Waals surface area (Å²) in [4.78, 5) is 1.45. The van der Waals surface area contributed by atoms with Crippen molar-refractivity contribution in [3.05, 3.63) is 21.9 Å². The van der Waals surface area contributed by atoms with E-state index >= 15 is 0 Å². The van der Waals surface area contributed by atoms with E-state index in [0.717, 1.165) is 6.42 Å². The van der Waals surface area contributed by atoms with Crippen molar-refractivity contribution in [2.75, 3.05) is 0 Å². The standard InChI is InChI=1S/C9H13NS/c1-7-4-8(11-6-7)5-9(10)2-3-9/h4,6H,2-3,5,10H2,1H3. The van der Waals surface area contributed by atoms with E-state index in [1.54, 1.807) is 0 Å². The molecule has 1 fully saturated rings. The van der Waals surface area contributed by atoms with Gasteiger partial charge in [-0.1, -0.05) is 0 Å². The van der Waals surface area contributed by atoms with Gasteiger partial charge in [0.15, 0.2) is 0 Å². The summed E-state index contributed by atoms with van der Waals surface area (Å²) in [5.74, 6) is 0. The Morgan fingerprint density at radius 3 is 2.82 bits per heavy atom. The molecule has 1 saturated carbocycles. The largest absolute Gasteiger partial charge is 0.325 e. The first-order valence-electron chi connectivity index (χ1n) is 4.01. The van der Waals surface area contributed by atoms with Crippen molar-refractivity contribution in [2.45, 2.75) is 31.7 Å². The van der Waals surface area contributed by atoms with Crippen LogP contribution in [-0.4, -0.2) is 5.54 Å². The first-order chi connectivity index (χ1) is 5.18. The molecule has 2 N–H and O–H groups in total. The van der Waals surface area contributed by atoms with Gasteiger partial charge in [0.1, 0.15) is 0 Å². The lowest BCUT2D eigenvalue weighted by Gasteiger charge is -2.04. The molecule has 0 aromatic carbocycles. The SMILES string of the molecule is Cc1csc(CC2(N)CC2)c1. The molecule has 0 amide bonds. The summed E-state index contributed by atoms with van der Waals surface area (Å²) in [5.41, 5.74) is 7.54. The lowest BCUT2D eigenvalue weighted by Crippen LogP contribution is -2.23. The summed E-state index contributed by atoms with van der Waals surface area (Å²) in [6.45, 7) is 2.14. The zero-order chi connectivity index (χ0) is 7.90. The second-order valence-electron chi connectivity index (χ2n) is 3.63. The molecular weight excluding hydrogens is 154 g/mol. The van der Waals surface area contributed by atoms with Crippen LogP contribution in [0.25, 0.3) is 0 Å². The molecule has 2 heteroatoms. The van der Waals surface area contributed by atoms with Crippen molar-refractivity contribution < 1.29 is 0 Å². The van der Waals surface area contributed by atoms with Crippen LogP contribution in [0.3, 0.4) is 0 Å². The molecule has 1 aromatic rings. The average Bonchev–Trinajstić information content (AvgIpc) is 2.49. The van der Waals surface area contributed by atoms with Gasteiger partial charge in [-0.05, 0) is 43.2 Å². The van der Waals surface area contributed by atoms with Gasteiger partial charge in [0, 0.05) is 10.4 Å². The van der Waals surface area contributed by atoms with Crippen LogP contribution in [0.1, 0.15) is 23.3 Å². The molecule has 11 heavy (non-hydrogen) atoms. The molecule has 2 rings (SSSR count). The summed E-state index contributed by atoms with van der Waals surface area (Å²) in [6, 6.07) is 2.25. The predicted octanol–water partition coefficient (Wildman–Crippen LogP) is 2.09. The van der Waals surface area contributed by atoms with Gasteiger partial charge in [-0.15, -0.1) is 11.3 Å². The lowest BCUT2D eigenvalue weighted by atomic mass is 10.1. The van der Waals surface area contributed by atoms with E-state index in [1.165, 1.54) is 23.3 Å². The summed E-state index contributed by atoms with van der Waals surface area (Å²) in [7, 11) is 0. The molecule has 1 aromatic heterocycles. The van der Waals surface area contributed by atoms with E-state index < -0.39 is 0 Å². The molecule has 0 unspecified atom stereocenters. The van der Waals surface area contributed by atoms with Crippen molar-refractivity contribution in [3.63, 3.8) is 0 Å². The fourth-order valence-corrected chi connectivity index (χ4v) is 2.30. The van der Waals surface area contributed by atoms with Gasteiger partial charge in [0.25, 0.3) is 0 Å². The third-order valence-electron chi connectivity index (χ3n) is 2.20. The van der Waals surface area contributed by atoms with E-state index in [9.17, 15) is 0 Å². The zero-order valence-corrected chi connectivity index (χ0v) is 7.58. The number of rotatable bonds is 2. The highest BCUT2D eigenvalue weighted by Crippen LogP contribution is 2.36. The Morgan fingerprint density at radius 1 is 1.64 bits per heavy atom. The van der Waals surface area contributed by atoms with Gasteiger partial charge in [0.05, 0.1) is 0 Å². The van der Waals surface area contributed by atoms with Crippen molar-refractivity contribution in [1.29, 1.82) is 0 Å². The Morgan fingerprint density at radius 2 is 2.36 bits per heavy atom. The molecule has 60 valence electrons. The van der Waals surface area contributed by atoms with Crippen molar-refractivity contribution in [3.8, 4) is 0 Å². The first kappa shape index (κ1) is 7.32. The predicted molar refractivity (Wildman–Crippen MR) is 48.9 cm³/mol. The van der Waals surface area contributed by atoms with Gasteiger partial charge in [0.2, 0.25) is 0 Å². The normalized spacial score (nSPS) is 20.2. The van der Waals surface area contributed by atoms with Gasteiger partial charge in [-0.2, -0.15) is 0 Å². The lowest BCUT2D eigenvalue weighted by molar-refractivity contribution is 0.679. The number of aryl methyl sites for hydroxylation is 1. The summed E-state index contributed by atoms with van der Waals surface area (Å²) in [6.07, 6.45) is 3.51. The quantitative estimate of drug-likeness (QED) is 0.717. The van der Waals surface area contributed by atoms with Crippen LogP contribution < -0.4 is 5.73 Å². The average molecular weight is 167 g/mol. The number of nitrogens with two attached hydrogens (primary N) is 1.